The Morgan fingerprint density at radius 3 is 2.71 bits per heavy atom. The minimum absolute atomic E-state index is 0.735. The van der Waals surface area contributed by atoms with Crippen LogP contribution in [0.2, 0.25) is 0 Å². The Hall–Kier alpha value is -2.03. The van der Waals surface area contributed by atoms with E-state index in [0.29, 0.717) is 0 Å². The summed E-state index contributed by atoms with van der Waals surface area (Å²) in [5.74, 6) is 0.735. The van der Waals surface area contributed by atoms with E-state index in [4.69, 9.17) is 4.84 Å². The molecule has 1 aromatic heterocycles. The van der Waals surface area contributed by atoms with Gasteiger partial charge in [-0.3, -0.25) is 0 Å². The molecule has 0 aliphatic heterocycles. The lowest BCUT2D eigenvalue weighted by Gasteiger charge is -1.94. The molecule has 1 aromatic carbocycles. The topological polar surface area (TPSA) is 37.4 Å². The largest absolute Gasteiger partial charge is 0.367 e. The normalized spacial score (nSPS) is 10.6. The van der Waals surface area contributed by atoms with Crippen LogP contribution in [0.3, 0.4) is 0 Å². The summed E-state index contributed by atoms with van der Waals surface area (Å²) >= 11 is 0. The Labute approximate surface area is 82.0 Å². The van der Waals surface area contributed by atoms with Crippen LogP contribution in [0.1, 0.15) is 5.56 Å². The Bertz CT molecular complexity index is 392. The molecule has 3 heteroatoms. The Morgan fingerprint density at radius 1 is 1.14 bits per heavy atom. The standard InChI is InChI=1S/C11H10N2O/c1-2-4-11(5-3-1)14-13-9-10-6-7-12-8-10/h1-9,12H. The average molecular weight is 186 g/mol. The Morgan fingerprint density at radius 2 is 2.00 bits per heavy atom. The molecular formula is C11H10N2O. The van der Waals surface area contributed by atoms with Gasteiger partial charge in [0.05, 0.1) is 6.21 Å². The van der Waals surface area contributed by atoms with Crippen molar-refractivity contribution in [3.8, 4) is 5.75 Å². The first-order chi connectivity index (χ1) is 6.95. The van der Waals surface area contributed by atoms with Crippen molar-refractivity contribution in [2.24, 2.45) is 5.16 Å². The van der Waals surface area contributed by atoms with Gasteiger partial charge < -0.3 is 9.82 Å². The van der Waals surface area contributed by atoms with Crippen LogP contribution in [0.15, 0.2) is 53.9 Å². The number of nitrogens with one attached hydrogen (secondary N) is 1. The summed E-state index contributed by atoms with van der Waals surface area (Å²) in [5, 5.41) is 3.84. The van der Waals surface area contributed by atoms with E-state index in [0.717, 1.165) is 11.3 Å². The van der Waals surface area contributed by atoms with E-state index in [2.05, 4.69) is 10.1 Å². The number of hydrogen-bond acceptors (Lipinski definition) is 2. The monoisotopic (exact) mass is 186 g/mol. The predicted molar refractivity (Wildman–Crippen MR) is 55.5 cm³/mol. The van der Waals surface area contributed by atoms with Crippen LogP contribution < -0.4 is 4.84 Å². The third-order valence-electron chi connectivity index (χ3n) is 1.73. The second kappa shape index (κ2) is 4.28. The van der Waals surface area contributed by atoms with Gasteiger partial charge in [0, 0.05) is 18.0 Å². The third kappa shape index (κ3) is 2.23. The van der Waals surface area contributed by atoms with E-state index in [9.17, 15) is 0 Å². The molecule has 0 fully saturated rings. The molecule has 0 saturated carbocycles. The molecule has 0 saturated heterocycles. The Kier molecular flexibility index (Phi) is 2.62. The maximum Gasteiger partial charge on any atom is 0.157 e. The molecular weight excluding hydrogens is 176 g/mol. The maximum absolute atomic E-state index is 5.13. The minimum atomic E-state index is 0.735. The minimum Gasteiger partial charge on any atom is -0.367 e. The van der Waals surface area contributed by atoms with Gasteiger partial charge in [-0.25, -0.2) is 0 Å². The van der Waals surface area contributed by atoms with E-state index in [-0.39, 0.29) is 0 Å². The van der Waals surface area contributed by atoms with Gasteiger partial charge in [0.25, 0.3) is 0 Å². The molecule has 0 bridgehead atoms. The highest BCUT2D eigenvalue weighted by Gasteiger charge is 1.88. The van der Waals surface area contributed by atoms with Gasteiger partial charge in [-0.05, 0) is 18.2 Å². The molecule has 2 aromatic rings. The summed E-state index contributed by atoms with van der Waals surface area (Å²) in [4.78, 5) is 8.07. The van der Waals surface area contributed by atoms with Crippen LogP contribution in [-0.4, -0.2) is 11.2 Å². The fourth-order valence-electron chi connectivity index (χ4n) is 1.05. The van der Waals surface area contributed by atoms with Crippen molar-refractivity contribution in [3.63, 3.8) is 0 Å². The highest BCUT2D eigenvalue weighted by molar-refractivity contribution is 5.78. The highest BCUT2D eigenvalue weighted by atomic mass is 16.6. The second-order valence-electron chi connectivity index (χ2n) is 2.78. The van der Waals surface area contributed by atoms with E-state index in [1.165, 1.54) is 0 Å². The zero-order chi connectivity index (χ0) is 9.64. The van der Waals surface area contributed by atoms with Crippen molar-refractivity contribution in [2.75, 3.05) is 0 Å². The van der Waals surface area contributed by atoms with Crippen LogP contribution >= 0.6 is 0 Å². The number of rotatable bonds is 3. The summed E-state index contributed by atoms with van der Waals surface area (Å²) in [7, 11) is 0. The second-order valence-corrected chi connectivity index (χ2v) is 2.78. The summed E-state index contributed by atoms with van der Waals surface area (Å²) < 4.78 is 0. The summed E-state index contributed by atoms with van der Waals surface area (Å²) in [6.07, 6.45) is 5.34. The van der Waals surface area contributed by atoms with Gasteiger partial charge in [-0.15, -0.1) is 0 Å². The van der Waals surface area contributed by atoms with E-state index in [1.54, 1.807) is 6.21 Å². The molecule has 1 heterocycles. The number of nitrogens with zero attached hydrogens (tertiary/aromatic N) is 1. The predicted octanol–water partition coefficient (Wildman–Crippen LogP) is 2.43. The summed E-state index contributed by atoms with van der Waals surface area (Å²) in [6.45, 7) is 0. The summed E-state index contributed by atoms with van der Waals surface area (Å²) in [6, 6.07) is 11.4. The molecule has 0 atom stereocenters. The van der Waals surface area contributed by atoms with Gasteiger partial charge in [0.15, 0.2) is 5.75 Å². The molecule has 2 rings (SSSR count). The zero-order valence-corrected chi connectivity index (χ0v) is 7.55. The van der Waals surface area contributed by atoms with Gasteiger partial charge in [0.2, 0.25) is 0 Å². The molecule has 0 amide bonds. The smallest absolute Gasteiger partial charge is 0.157 e. The highest BCUT2D eigenvalue weighted by Crippen LogP contribution is 2.08. The number of aromatic amines is 1. The lowest BCUT2D eigenvalue weighted by atomic mass is 10.3. The fourth-order valence-corrected chi connectivity index (χ4v) is 1.05. The van der Waals surface area contributed by atoms with Gasteiger partial charge >= 0.3 is 0 Å². The van der Waals surface area contributed by atoms with Crippen molar-refractivity contribution in [1.82, 2.24) is 4.98 Å². The molecule has 0 unspecified atom stereocenters. The quantitative estimate of drug-likeness (QED) is 0.580. The van der Waals surface area contributed by atoms with Gasteiger partial charge in [-0.1, -0.05) is 23.4 Å². The Balaban J connectivity index is 1.95. The number of oxime groups is 1. The number of aromatic nitrogens is 1. The molecule has 70 valence electrons. The molecule has 0 aliphatic rings. The first-order valence-corrected chi connectivity index (χ1v) is 4.33. The van der Waals surface area contributed by atoms with Crippen LogP contribution in [-0.2, 0) is 0 Å². The SMILES string of the molecule is C(=NOc1ccccc1)c1cc[nH]c1. The molecule has 0 aliphatic carbocycles. The number of hydrogen-bond donors (Lipinski definition) is 1. The molecule has 14 heavy (non-hydrogen) atoms. The molecule has 3 nitrogen and oxygen atoms in total. The average Bonchev–Trinajstić information content (AvgIpc) is 2.72. The van der Waals surface area contributed by atoms with Gasteiger partial charge in [0.1, 0.15) is 0 Å². The number of benzene rings is 1. The lowest BCUT2D eigenvalue weighted by molar-refractivity contribution is 0.344. The summed E-state index contributed by atoms with van der Waals surface area (Å²) in [5.41, 5.74) is 0.987. The van der Waals surface area contributed by atoms with Crippen LogP contribution in [0.25, 0.3) is 0 Å². The van der Waals surface area contributed by atoms with Crippen molar-refractivity contribution in [3.05, 3.63) is 54.4 Å². The van der Waals surface area contributed by atoms with Crippen molar-refractivity contribution in [2.45, 2.75) is 0 Å². The van der Waals surface area contributed by atoms with Crippen LogP contribution in [0, 0.1) is 0 Å². The van der Waals surface area contributed by atoms with Crippen LogP contribution in [0.5, 0.6) is 5.75 Å². The van der Waals surface area contributed by atoms with Crippen LogP contribution in [0.4, 0.5) is 0 Å². The lowest BCUT2D eigenvalue weighted by Crippen LogP contribution is -1.84. The number of para-hydroxylation sites is 1. The molecule has 0 spiro atoms. The number of H-pyrrole nitrogens is 1. The van der Waals surface area contributed by atoms with Crippen molar-refractivity contribution in [1.29, 1.82) is 0 Å². The first-order valence-electron chi connectivity index (χ1n) is 4.33. The first kappa shape index (κ1) is 8.56. The van der Waals surface area contributed by atoms with Crippen molar-refractivity contribution < 1.29 is 4.84 Å². The zero-order valence-electron chi connectivity index (χ0n) is 7.55. The fraction of sp³-hybridized carbons (Fsp3) is 0. The third-order valence-corrected chi connectivity index (χ3v) is 1.73. The van der Waals surface area contributed by atoms with Gasteiger partial charge in [-0.2, -0.15) is 0 Å². The molecule has 1 N–H and O–H groups in total. The van der Waals surface area contributed by atoms with E-state index >= 15 is 0 Å². The molecule has 0 radical (unpaired) electrons. The maximum atomic E-state index is 5.13. The van der Waals surface area contributed by atoms with E-state index in [1.807, 2.05) is 48.8 Å². The van der Waals surface area contributed by atoms with Crippen molar-refractivity contribution >= 4 is 6.21 Å². The van der Waals surface area contributed by atoms with E-state index < -0.39 is 0 Å².